The molecule has 1 N–H and O–H groups in total. The third kappa shape index (κ3) is 8.38. The lowest BCUT2D eigenvalue weighted by Crippen LogP contribution is -2.51. The molecule has 5 unspecified atom stereocenters. The van der Waals surface area contributed by atoms with Gasteiger partial charge in [0.1, 0.15) is 0 Å². The summed E-state index contributed by atoms with van der Waals surface area (Å²) >= 11 is 0. The van der Waals surface area contributed by atoms with E-state index in [2.05, 4.69) is 47.6 Å². The fourth-order valence-corrected chi connectivity index (χ4v) is 11.0. The highest BCUT2D eigenvalue weighted by Gasteiger charge is 2.59. The Bertz CT molecular complexity index is 969. The van der Waals surface area contributed by atoms with Crippen LogP contribution in [0, 0.1) is 52.3 Å². The van der Waals surface area contributed by atoms with Gasteiger partial charge in [0, 0.05) is 13.2 Å². The lowest BCUT2D eigenvalue weighted by Gasteiger charge is -2.58. The molecule has 0 aromatic heterocycles. The Balaban J connectivity index is 1.26. The molecule has 0 aliphatic heterocycles. The average Bonchev–Trinajstić information content (AvgIpc) is 3.30. The van der Waals surface area contributed by atoms with Gasteiger partial charge in [0.15, 0.2) is 0 Å². The van der Waals surface area contributed by atoms with E-state index in [4.69, 9.17) is 13.8 Å². The molecule has 10 atom stereocenters. The Labute approximate surface area is 264 Å². The Morgan fingerprint density at radius 2 is 1.74 bits per heavy atom. The lowest BCUT2D eigenvalue weighted by molar-refractivity contribution is -0.0646. The summed E-state index contributed by atoms with van der Waals surface area (Å²) in [5.41, 5.74) is 2.51. The molecule has 7 heteroatoms. The number of nitrogens with zero attached hydrogens (tertiary/aromatic N) is 1. The van der Waals surface area contributed by atoms with Crippen molar-refractivity contribution in [1.82, 2.24) is 4.90 Å². The first-order valence-corrected chi connectivity index (χ1v) is 19.4. The number of phosphoric acid groups is 1. The van der Waals surface area contributed by atoms with E-state index in [1.54, 1.807) is 5.57 Å². The number of hydrogen-bond donors (Lipinski definition) is 1. The van der Waals surface area contributed by atoms with Crippen LogP contribution in [0.15, 0.2) is 11.6 Å². The van der Waals surface area contributed by atoms with Gasteiger partial charge >= 0.3 is 7.82 Å². The minimum Gasteiger partial charge on any atom is -0.378 e. The molecule has 0 radical (unpaired) electrons. The Morgan fingerprint density at radius 1 is 1.00 bits per heavy atom. The smallest absolute Gasteiger partial charge is 0.378 e. The molecule has 4 rings (SSSR count). The third-order valence-electron chi connectivity index (χ3n) is 13.0. The molecular weight excluding hydrogens is 557 g/mol. The molecule has 4 aliphatic rings. The summed E-state index contributed by atoms with van der Waals surface area (Å²) in [4.78, 5) is 11.8. The molecule has 3 saturated carbocycles. The quantitative estimate of drug-likeness (QED) is 0.105. The van der Waals surface area contributed by atoms with Crippen LogP contribution in [0.3, 0.4) is 0 Å². The molecule has 0 bridgehead atoms. The maximum absolute atomic E-state index is 12.0. The Hall–Kier alpha value is -0.230. The summed E-state index contributed by atoms with van der Waals surface area (Å²) < 4.78 is 28.5. The Kier molecular flexibility index (Phi) is 12.5. The van der Waals surface area contributed by atoms with E-state index in [-0.39, 0.29) is 19.3 Å². The van der Waals surface area contributed by atoms with Crippen LogP contribution in [-0.4, -0.2) is 56.4 Å². The van der Waals surface area contributed by atoms with Crippen LogP contribution in [0.1, 0.15) is 119 Å². The molecule has 3 fully saturated rings. The zero-order valence-electron chi connectivity index (χ0n) is 29.0. The second kappa shape index (κ2) is 15.1. The van der Waals surface area contributed by atoms with Crippen molar-refractivity contribution in [3.63, 3.8) is 0 Å². The van der Waals surface area contributed by atoms with Gasteiger partial charge in [-0.3, -0.25) is 9.05 Å². The largest absolute Gasteiger partial charge is 0.472 e. The van der Waals surface area contributed by atoms with Crippen LogP contribution in [0.4, 0.5) is 0 Å². The summed E-state index contributed by atoms with van der Waals surface area (Å²) in [5, 5.41) is 0. The number of ether oxygens (including phenoxy) is 1. The van der Waals surface area contributed by atoms with Gasteiger partial charge in [-0.1, -0.05) is 66.0 Å². The van der Waals surface area contributed by atoms with Gasteiger partial charge in [-0.15, -0.1) is 0 Å². The predicted molar refractivity (Wildman–Crippen MR) is 177 cm³/mol. The summed E-state index contributed by atoms with van der Waals surface area (Å²) in [6, 6.07) is 0. The molecule has 0 saturated heterocycles. The molecule has 0 amide bonds. The maximum Gasteiger partial charge on any atom is 0.472 e. The summed E-state index contributed by atoms with van der Waals surface area (Å²) in [5.74, 6) is 6.01. The minimum absolute atomic E-state index is 0.170. The molecule has 43 heavy (non-hydrogen) atoms. The first-order chi connectivity index (χ1) is 20.3. The first-order valence-electron chi connectivity index (χ1n) is 17.9. The third-order valence-corrected chi connectivity index (χ3v) is 14.0. The average molecular weight is 624 g/mol. The first kappa shape index (κ1) is 35.6. The molecule has 0 aromatic carbocycles. The maximum atomic E-state index is 12.0. The van der Waals surface area contributed by atoms with Crippen LogP contribution in [0.25, 0.3) is 0 Å². The van der Waals surface area contributed by atoms with E-state index in [1.807, 2.05) is 19.0 Å². The highest BCUT2D eigenvalue weighted by molar-refractivity contribution is 7.47. The molecule has 0 aromatic rings. The van der Waals surface area contributed by atoms with Crippen LogP contribution in [0.5, 0.6) is 0 Å². The molecule has 6 nitrogen and oxygen atoms in total. The van der Waals surface area contributed by atoms with Crippen molar-refractivity contribution in [2.45, 2.75) is 125 Å². The highest BCUT2D eigenvalue weighted by Crippen LogP contribution is 2.67. The van der Waals surface area contributed by atoms with Crippen molar-refractivity contribution in [1.29, 1.82) is 0 Å². The molecule has 0 heterocycles. The summed E-state index contributed by atoms with van der Waals surface area (Å²) in [6.07, 6.45) is 18.0. The Morgan fingerprint density at radius 3 is 2.44 bits per heavy atom. The summed E-state index contributed by atoms with van der Waals surface area (Å²) in [6.45, 7) is 16.6. The van der Waals surface area contributed by atoms with Crippen LogP contribution < -0.4 is 0 Å². The van der Waals surface area contributed by atoms with Gasteiger partial charge < -0.3 is 14.5 Å². The SMILES string of the molecule is CC[C@@H](CC[C@@H](C)C1CCC2[C@@H]3CC=C4CC(OCCCOP(=O)(O)OCCN(C)C)CC[C@]4(C)C3CC[C@@]21C)C(C)C. The second-order valence-corrected chi connectivity index (χ2v) is 17.4. The van der Waals surface area contributed by atoms with E-state index in [0.29, 0.717) is 30.4 Å². The summed E-state index contributed by atoms with van der Waals surface area (Å²) in [7, 11) is -0.199. The number of fused-ring (bicyclic) bond motifs is 5. The standard InChI is InChI=1S/C36H66NO5P/c1-9-28(26(2)3)12-11-27(4)32-15-16-33-31-14-13-29-25-30(17-19-35(29,5)34(31)18-20-36(32,33)6)40-22-10-23-41-43(38,39)42-24-21-37(7)8/h13,26-28,30-34H,9-12,14-25H2,1-8H3,(H,38,39)/t27-,28+,30?,31+,32?,33?,34?,35+,36-/m1/s1. The second-order valence-electron chi connectivity index (χ2n) is 16.0. The number of rotatable bonds is 16. The van der Waals surface area contributed by atoms with Gasteiger partial charge in [0.25, 0.3) is 0 Å². The monoisotopic (exact) mass is 623 g/mol. The van der Waals surface area contributed by atoms with E-state index in [9.17, 15) is 9.46 Å². The van der Waals surface area contributed by atoms with E-state index in [0.717, 1.165) is 54.3 Å². The van der Waals surface area contributed by atoms with Gasteiger partial charge in [0.2, 0.25) is 0 Å². The molecule has 250 valence electrons. The number of phosphoric ester groups is 1. The van der Waals surface area contributed by atoms with Gasteiger partial charge in [-0.05, 0) is 131 Å². The number of likely N-dealkylation sites (N-methyl/N-ethyl adjacent to an activating group) is 1. The van der Waals surface area contributed by atoms with Crippen LogP contribution >= 0.6 is 7.82 Å². The topological polar surface area (TPSA) is 68.2 Å². The molecule has 0 spiro atoms. The van der Waals surface area contributed by atoms with Gasteiger partial charge in [-0.25, -0.2) is 4.57 Å². The normalized spacial score (nSPS) is 36.9. The molecule has 4 aliphatic carbocycles. The van der Waals surface area contributed by atoms with Crippen molar-refractivity contribution >= 4 is 7.82 Å². The highest BCUT2D eigenvalue weighted by atomic mass is 31.2. The van der Waals surface area contributed by atoms with E-state index < -0.39 is 7.82 Å². The predicted octanol–water partition coefficient (Wildman–Crippen LogP) is 9.13. The van der Waals surface area contributed by atoms with Gasteiger partial charge in [0.05, 0.1) is 19.3 Å². The van der Waals surface area contributed by atoms with Crippen LogP contribution in [0.2, 0.25) is 0 Å². The van der Waals surface area contributed by atoms with Crippen molar-refractivity contribution in [2.75, 3.05) is 40.5 Å². The van der Waals surface area contributed by atoms with E-state index in [1.165, 1.54) is 57.8 Å². The minimum atomic E-state index is -3.99. The van der Waals surface area contributed by atoms with Crippen molar-refractivity contribution < 1.29 is 23.2 Å². The lowest BCUT2D eigenvalue weighted by atomic mass is 9.47. The zero-order valence-corrected chi connectivity index (χ0v) is 29.9. The van der Waals surface area contributed by atoms with E-state index >= 15 is 0 Å². The fourth-order valence-electron chi connectivity index (χ4n) is 10.3. The fraction of sp³-hybridized carbons (Fsp3) is 0.944. The van der Waals surface area contributed by atoms with Crippen molar-refractivity contribution in [2.24, 2.45) is 52.3 Å². The van der Waals surface area contributed by atoms with Crippen molar-refractivity contribution in [3.8, 4) is 0 Å². The van der Waals surface area contributed by atoms with Gasteiger partial charge in [-0.2, -0.15) is 0 Å². The number of allylic oxidation sites excluding steroid dienone is 1. The number of hydrogen-bond acceptors (Lipinski definition) is 5. The molecular formula is C36H66NO5P. The van der Waals surface area contributed by atoms with Crippen molar-refractivity contribution in [3.05, 3.63) is 11.6 Å². The zero-order chi connectivity index (χ0) is 31.4. The van der Waals surface area contributed by atoms with Crippen LogP contribution in [-0.2, 0) is 18.3 Å².